The highest BCUT2D eigenvalue weighted by Crippen LogP contribution is 2.20. The molecule has 8 heteroatoms. The van der Waals surface area contributed by atoms with Crippen LogP contribution in [-0.4, -0.2) is 36.3 Å². The monoisotopic (exact) mass is 417 g/mol. The summed E-state index contributed by atoms with van der Waals surface area (Å²) in [5.74, 6) is -0.386. The second-order valence-corrected chi connectivity index (χ2v) is 9.45. The molecule has 1 N–H and O–H groups in total. The van der Waals surface area contributed by atoms with Gasteiger partial charge in [-0.25, -0.2) is 8.42 Å². The molecule has 1 fully saturated rings. The highest BCUT2D eigenvalue weighted by atomic mass is 32.2. The normalized spacial score (nSPS) is 15.7. The first-order chi connectivity index (χ1) is 13.8. The van der Waals surface area contributed by atoms with Crippen LogP contribution in [0.25, 0.3) is 0 Å². The molecule has 0 saturated carbocycles. The number of sulfonamides is 1. The van der Waals surface area contributed by atoms with Crippen molar-refractivity contribution < 1.29 is 13.2 Å². The summed E-state index contributed by atoms with van der Waals surface area (Å²) in [5, 5.41) is 2.78. The van der Waals surface area contributed by atoms with Crippen molar-refractivity contribution in [1.29, 1.82) is 0 Å². The van der Waals surface area contributed by atoms with E-state index in [2.05, 4.69) is 5.32 Å². The number of rotatable bonds is 5. The number of amides is 1. The molecule has 1 aromatic heterocycles. The standard InChI is InChI=1S/C21H27N3O4S/c1-16-7-9-19(17(2)13-16)22-20(25)15-23-14-18(8-10-21(23)26)29(27,28)24-11-5-3-4-6-12-24/h7-10,13-14H,3-6,11-12,15H2,1-2H3,(H,22,25). The van der Waals surface area contributed by atoms with Gasteiger partial charge < -0.3 is 9.88 Å². The molecule has 156 valence electrons. The Morgan fingerprint density at radius 1 is 1.03 bits per heavy atom. The molecule has 3 rings (SSSR count). The molecule has 1 aliphatic heterocycles. The Morgan fingerprint density at radius 3 is 2.38 bits per heavy atom. The molecule has 0 unspecified atom stereocenters. The highest BCUT2D eigenvalue weighted by molar-refractivity contribution is 7.89. The number of aromatic nitrogens is 1. The molecule has 1 aliphatic rings. The third-order valence-electron chi connectivity index (χ3n) is 5.13. The lowest BCUT2D eigenvalue weighted by Crippen LogP contribution is -2.33. The quantitative estimate of drug-likeness (QED) is 0.810. The fourth-order valence-corrected chi connectivity index (χ4v) is 5.05. The number of carbonyl (C=O) groups excluding carboxylic acids is 1. The molecule has 2 aromatic rings. The van der Waals surface area contributed by atoms with E-state index in [0.717, 1.165) is 41.4 Å². The summed E-state index contributed by atoms with van der Waals surface area (Å²) in [5.41, 5.74) is 2.25. The van der Waals surface area contributed by atoms with Crippen molar-refractivity contribution in [2.75, 3.05) is 18.4 Å². The van der Waals surface area contributed by atoms with E-state index in [1.54, 1.807) is 0 Å². The summed E-state index contributed by atoms with van der Waals surface area (Å²) >= 11 is 0. The van der Waals surface area contributed by atoms with Crippen molar-refractivity contribution in [2.24, 2.45) is 0 Å². The van der Waals surface area contributed by atoms with Crippen molar-refractivity contribution in [1.82, 2.24) is 8.87 Å². The Kier molecular flexibility index (Phi) is 6.54. The SMILES string of the molecule is Cc1ccc(NC(=O)Cn2cc(S(=O)(=O)N3CCCCCC3)ccc2=O)c(C)c1. The van der Waals surface area contributed by atoms with E-state index >= 15 is 0 Å². The van der Waals surface area contributed by atoms with Crippen LogP contribution in [0.15, 0.2) is 46.2 Å². The van der Waals surface area contributed by atoms with Crippen LogP contribution in [0.5, 0.6) is 0 Å². The number of hydrogen-bond acceptors (Lipinski definition) is 4. The zero-order valence-electron chi connectivity index (χ0n) is 16.8. The van der Waals surface area contributed by atoms with Crippen LogP contribution < -0.4 is 10.9 Å². The first-order valence-electron chi connectivity index (χ1n) is 9.85. The predicted octanol–water partition coefficient (Wildman–Crippen LogP) is 2.67. The molecule has 0 spiro atoms. The fourth-order valence-electron chi connectivity index (χ4n) is 3.51. The van der Waals surface area contributed by atoms with Gasteiger partial charge >= 0.3 is 0 Å². The third-order valence-corrected chi connectivity index (χ3v) is 7.01. The molecular formula is C21H27N3O4S. The van der Waals surface area contributed by atoms with Gasteiger partial charge in [0.05, 0.1) is 4.90 Å². The molecule has 0 atom stereocenters. The van der Waals surface area contributed by atoms with E-state index < -0.39 is 15.6 Å². The number of benzene rings is 1. The minimum atomic E-state index is -3.69. The van der Waals surface area contributed by atoms with E-state index in [9.17, 15) is 18.0 Å². The van der Waals surface area contributed by atoms with Gasteiger partial charge in [0.2, 0.25) is 15.9 Å². The Bertz CT molecular complexity index is 1050. The average Bonchev–Trinajstić information content (AvgIpc) is 2.96. The molecule has 7 nitrogen and oxygen atoms in total. The van der Waals surface area contributed by atoms with Crippen LogP contribution in [0.1, 0.15) is 36.8 Å². The minimum absolute atomic E-state index is 0.0401. The van der Waals surface area contributed by atoms with Gasteiger partial charge in [0, 0.05) is 31.0 Å². The van der Waals surface area contributed by atoms with Crippen LogP contribution >= 0.6 is 0 Å². The Labute approximate surface area is 171 Å². The Balaban J connectivity index is 1.79. The van der Waals surface area contributed by atoms with Gasteiger partial charge in [0.25, 0.3) is 5.56 Å². The largest absolute Gasteiger partial charge is 0.324 e. The molecule has 1 aromatic carbocycles. The van der Waals surface area contributed by atoms with E-state index in [0.29, 0.717) is 18.8 Å². The van der Waals surface area contributed by atoms with Gasteiger partial charge in [-0.05, 0) is 44.4 Å². The lowest BCUT2D eigenvalue weighted by molar-refractivity contribution is -0.116. The maximum absolute atomic E-state index is 13.0. The summed E-state index contributed by atoms with van der Waals surface area (Å²) in [7, 11) is -3.69. The second-order valence-electron chi connectivity index (χ2n) is 7.52. The number of carbonyl (C=O) groups is 1. The number of aryl methyl sites for hydroxylation is 2. The lowest BCUT2D eigenvalue weighted by atomic mass is 10.1. The Hall–Kier alpha value is -2.45. The van der Waals surface area contributed by atoms with Gasteiger partial charge in [-0.15, -0.1) is 0 Å². The molecular weight excluding hydrogens is 390 g/mol. The lowest BCUT2D eigenvalue weighted by Gasteiger charge is -2.20. The van der Waals surface area contributed by atoms with E-state index in [1.165, 1.54) is 22.6 Å². The number of nitrogens with one attached hydrogen (secondary N) is 1. The highest BCUT2D eigenvalue weighted by Gasteiger charge is 2.26. The summed E-state index contributed by atoms with van der Waals surface area (Å²) in [4.78, 5) is 24.7. The van der Waals surface area contributed by atoms with Gasteiger partial charge in [-0.3, -0.25) is 9.59 Å². The molecule has 29 heavy (non-hydrogen) atoms. The van der Waals surface area contributed by atoms with E-state index in [4.69, 9.17) is 0 Å². The molecule has 0 bridgehead atoms. The number of anilines is 1. The number of pyridine rings is 1. The average molecular weight is 418 g/mol. The predicted molar refractivity (Wildman–Crippen MR) is 112 cm³/mol. The van der Waals surface area contributed by atoms with Crippen LogP contribution in [0.4, 0.5) is 5.69 Å². The zero-order chi connectivity index (χ0) is 21.0. The van der Waals surface area contributed by atoms with Crippen LogP contribution in [0.3, 0.4) is 0 Å². The first-order valence-corrected chi connectivity index (χ1v) is 11.3. The Morgan fingerprint density at radius 2 is 1.72 bits per heavy atom. The van der Waals surface area contributed by atoms with Gasteiger partial charge in [-0.2, -0.15) is 4.31 Å². The maximum atomic E-state index is 13.0. The van der Waals surface area contributed by atoms with Gasteiger partial charge in [-0.1, -0.05) is 30.5 Å². The first kappa shape index (κ1) is 21.3. The van der Waals surface area contributed by atoms with E-state index in [-0.39, 0.29) is 17.3 Å². The topological polar surface area (TPSA) is 88.5 Å². The van der Waals surface area contributed by atoms with Crippen LogP contribution in [0.2, 0.25) is 0 Å². The maximum Gasteiger partial charge on any atom is 0.251 e. The molecule has 0 radical (unpaired) electrons. The van der Waals surface area contributed by atoms with Gasteiger partial charge in [0.15, 0.2) is 0 Å². The van der Waals surface area contributed by atoms with Crippen LogP contribution in [0, 0.1) is 13.8 Å². The number of hydrogen-bond donors (Lipinski definition) is 1. The minimum Gasteiger partial charge on any atom is -0.324 e. The van der Waals surface area contributed by atoms with Crippen molar-refractivity contribution in [3.8, 4) is 0 Å². The summed E-state index contributed by atoms with van der Waals surface area (Å²) in [6.07, 6.45) is 4.97. The van der Waals surface area contributed by atoms with Crippen molar-refractivity contribution in [2.45, 2.75) is 51.0 Å². The van der Waals surface area contributed by atoms with Crippen molar-refractivity contribution >= 4 is 21.6 Å². The second kappa shape index (κ2) is 8.92. The molecule has 0 aliphatic carbocycles. The van der Waals surface area contributed by atoms with Crippen LogP contribution in [-0.2, 0) is 21.4 Å². The molecule has 1 saturated heterocycles. The number of nitrogens with zero attached hydrogens (tertiary/aromatic N) is 2. The fraction of sp³-hybridized carbons (Fsp3) is 0.429. The summed E-state index contributed by atoms with van der Waals surface area (Å²) in [6.45, 7) is 4.57. The van der Waals surface area contributed by atoms with Crippen molar-refractivity contribution in [3.63, 3.8) is 0 Å². The summed E-state index contributed by atoms with van der Waals surface area (Å²) in [6, 6.07) is 8.18. The smallest absolute Gasteiger partial charge is 0.251 e. The van der Waals surface area contributed by atoms with Gasteiger partial charge in [0.1, 0.15) is 6.54 Å². The zero-order valence-corrected chi connectivity index (χ0v) is 17.7. The van der Waals surface area contributed by atoms with Crippen molar-refractivity contribution in [3.05, 3.63) is 58.0 Å². The molecule has 2 heterocycles. The summed E-state index contributed by atoms with van der Waals surface area (Å²) < 4.78 is 28.5. The third kappa shape index (κ3) is 5.13. The molecule has 1 amide bonds. The van der Waals surface area contributed by atoms with E-state index in [1.807, 2.05) is 32.0 Å².